The second kappa shape index (κ2) is 9.23. The maximum absolute atomic E-state index is 14.4. The topological polar surface area (TPSA) is 108 Å². The third-order valence-corrected chi connectivity index (χ3v) is 6.22. The number of nitrogens with one attached hydrogen (secondary N) is 4. The van der Waals surface area contributed by atoms with E-state index in [9.17, 15) is 14.0 Å². The lowest BCUT2D eigenvalue weighted by molar-refractivity contribution is -0.117. The standard InChI is InChI=1S/C27H24FN5O3/c1-3-21(34)33-27(11-12-27)10-7-16-15-29-13-8-17(16)23-24(22-19(31-23)9-14-30-26(22)35)32-20-6-4-5-18(28)25(20)36-2/h3-6,8,13,15,31-32H,1,9,11-12,14H2,2H3,(H,30,35)(H,33,34). The molecule has 36 heavy (non-hydrogen) atoms. The molecule has 8 nitrogen and oxygen atoms in total. The van der Waals surface area contributed by atoms with Crippen LogP contribution in [0.4, 0.5) is 15.8 Å². The molecule has 0 unspecified atom stereocenters. The van der Waals surface area contributed by atoms with Gasteiger partial charge in [0.25, 0.3) is 5.91 Å². The molecule has 1 saturated carbocycles. The maximum atomic E-state index is 14.4. The molecule has 0 spiro atoms. The number of rotatable bonds is 6. The summed E-state index contributed by atoms with van der Waals surface area (Å²) in [7, 11) is 1.39. The monoisotopic (exact) mass is 485 g/mol. The van der Waals surface area contributed by atoms with E-state index in [0.717, 1.165) is 18.5 Å². The van der Waals surface area contributed by atoms with Gasteiger partial charge < -0.3 is 25.7 Å². The molecular weight excluding hydrogens is 461 g/mol. The van der Waals surface area contributed by atoms with Gasteiger partial charge in [-0.3, -0.25) is 14.6 Å². The van der Waals surface area contributed by atoms with Crippen LogP contribution in [0, 0.1) is 17.7 Å². The van der Waals surface area contributed by atoms with Crippen LogP contribution < -0.4 is 20.7 Å². The van der Waals surface area contributed by atoms with E-state index in [-0.39, 0.29) is 17.6 Å². The number of halogens is 1. The smallest absolute Gasteiger partial charge is 0.255 e. The minimum absolute atomic E-state index is 0.0398. The van der Waals surface area contributed by atoms with Crippen LogP contribution in [0.25, 0.3) is 11.3 Å². The number of aromatic amines is 1. The number of carbonyl (C=O) groups excluding carboxylic acids is 2. The summed E-state index contributed by atoms with van der Waals surface area (Å²) in [5, 5.41) is 8.97. The summed E-state index contributed by atoms with van der Waals surface area (Å²) in [6.07, 6.45) is 6.61. The number of hydrogen-bond donors (Lipinski definition) is 4. The van der Waals surface area contributed by atoms with Gasteiger partial charge in [-0.1, -0.05) is 24.5 Å². The number of hydrogen-bond acceptors (Lipinski definition) is 5. The van der Waals surface area contributed by atoms with Crippen molar-refractivity contribution in [2.45, 2.75) is 24.8 Å². The predicted molar refractivity (Wildman–Crippen MR) is 133 cm³/mol. The van der Waals surface area contributed by atoms with Crippen LogP contribution in [-0.2, 0) is 11.2 Å². The van der Waals surface area contributed by atoms with Gasteiger partial charge in [-0.05, 0) is 37.1 Å². The molecule has 1 aliphatic heterocycles. The molecule has 0 radical (unpaired) electrons. The number of nitrogens with zero attached hydrogens (tertiary/aromatic N) is 1. The van der Waals surface area contributed by atoms with Gasteiger partial charge in [0.05, 0.1) is 35.3 Å². The van der Waals surface area contributed by atoms with E-state index in [0.29, 0.717) is 46.7 Å². The van der Waals surface area contributed by atoms with Gasteiger partial charge in [-0.15, -0.1) is 0 Å². The zero-order valence-electron chi connectivity index (χ0n) is 19.6. The highest BCUT2D eigenvalue weighted by atomic mass is 19.1. The van der Waals surface area contributed by atoms with Crippen molar-refractivity contribution < 1.29 is 18.7 Å². The van der Waals surface area contributed by atoms with Crippen molar-refractivity contribution >= 4 is 23.2 Å². The van der Waals surface area contributed by atoms with Gasteiger partial charge in [0.2, 0.25) is 5.91 Å². The number of H-pyrrole nitrogens is 1. The summed E-state index contributed by atoms with van der Waals surface area (Å²) in [4.78, 5) is 32.3. The zero-order chi connectivity index (χ0) is 25.3. The minimum atomic E-state index is -0.580. The van der Waals surface area contributed by atoms with Gasteiger partial charge in [0, 0.05) is 36.6 Å². The van der Waals surface area contributed by atoms with Crippen molar-refractivity contribution in [1.82, 2.24) is 20.6 Å². The van der Waals surface area contributed by atoms with Crippen LogP contribution in [-0.4, -0.2) is 41.0 Å². The Morgan fingerprint density at radius 1 is 1.33 bits per heavy atom. The first-order valence-electron chi connectivity index (χ1n) is 11.5. The molecule has 3 heterocycles. The first-order valence-corrected chi connectivity index (χ1v) is 11.5. The highest BCUT2D eigenvalue weighted by molar-refractivity contribution is 6.06. The number of para-hydroxylation sites is 1. The van der Waals surface area contributed by atoms with E-state index in [4.69, 9.17) is 4.74 Å². The molecule has 182 valence electrons. The number of aromatic nitrogens is 2. The van der Waals surface area contributed by atoms with Crippen LogP contribution in [0.1, 0.15) is 34.5 Å². The van der Waals surface area contributed by atoms with Crippen molar-refractivity contribution in [1.29, 1.82) is 0 Å². The van der Waals surface area contributed by atoms with Crippen molar-refractivity contribution in [3.63, 3.8) is 0 Å². The van der Waals surface area contributed by atoms with E-state index >= 15 is 0 Å². The molecule has 2 aliphatic rings. The molecule has 9 heteroatoms. The second-order valence-corrected chi connectivity index (χ2v) is 8.63. The normalized spacial score (nSPS) is 15.0. The Kier molecular flexibility index (Phi) is 5.94. The third kappa shape index (κ3) is 4.29. The summed E-state index contributed by atoms with van der Waals surface area (Å²) in [6, 6.07) is 6.35. The predicted octanol–water partition coefficient (Wildman–Crippen LogP) is 3.44. The van der Waals surface area contributed by atoms with Crippen molar-refractivity contribution in [2.24, 2.45) is 0 Å². The Hall–Kier alpha value is -4.58. The second-order valence-electron chi connectivity index (χ2n) is 8.63. The number of benzene rings is 1. The lowest BCUT2D eigenvalue weighted by Gasteiger charge is -2.17. The fourth-order valence-electron chi connectivity index (χ4n) is 4.25. The molecule has 0 atom stereocenters. The number of anilines is 2. The fraction of sp³-hybridized carbons (Fsp3) is 0.222. The molecule has 0 saturated heterocycles. The van der Waals surface area contributed by atoms with Crippen molar-refractivity contribution in [3.05, 3.63) is 72.0 Å². The molecule has 1 aromatic carbocycles. The van der Waals surface area contributed by atoms with Crippen molar-refractivity contribution in [3.8, 4) is 28.8 Å². The maximum Gasteiger partial charge on any atom is 0.255 e. The summed E-state index contributed by atoms with van der Waals surface area (Å²) < 4.78 is 19.7. The molecule has 0 bridgehead atoms. The summed E-state index contributed by atoms with van der Waals surface area (Å²) >= 11 is 0. The number of fused-ring (bicyclic) bond motifs is 1. The van der Waals surface area contributed by atoms with Crippen molar-refractivity contribution in [2.75, 3.05) is 19.0 Å². The largest absolute Gasteiger partial charge is 0.492 e. The van der Waals surface area contributed by atoms with Crippen LogP contribution in [0.15, 0.2) is 49.3 Å². The first kappa shape index (κ1) is 23.2. The Morgan fingerprint density at radius 2 is 2.17 bits per heavy atom. The van der Waals surface area contributed by atoms with Gasteiger partial charge in [0.15, 0.2) is 11.6 Å². The van der Waals surface area contributed by atoms with Crippen LogP contribution in [0.3, 0.4) is 0 Å². The van der Waals surface area contributed by atoms with Crippen LogP contribution in [0.5, 0.6) is 5.75 Å². The third-order valence-electron chi connectivity index (χ3n) is 6.22. The SMILES string of the molecule is C=CC(=O)NC1(C#Cc2cnccc2-c2[nH]c3c(c2Nc2cccc(F)c2OC)C(=O)NCC3)CC1. The molecule has 2 amide bonds. The lowest BCUT2D eigenvalue weighted by Crippen LogP contribution is -2.34. The zero-order valence-corrected chi connectivity index (χ0v) is 19.6. The molecule has 2 aromatic heterocycles. The Bertz CT molecular complexity index is 1450. The minimum Gasteiger partial charge on any atom is -0.492 e. The fourth-order valence-corrected chi connectivity index (χ4v) is 4.25. The Morgan fingerprint density at radius 3 is 2.92 bits per heavy atom. The number of amides is 2. The summed E-state index contributed by atoms with van der Waals surface area (Å²) in [5.41, 5.74) is 3.45. The number of pyridine rings is 1. The Balaban J connectivity index is 1.61. The van der Waals surface area contributed by atoms with Crippen LogP contribution >= 0.6 is 0 Å². The average Bonchev–Trinajstić information content (AvgIpc) is 3.54. The van der Waals surface area contributed by atoms with Gasteiger partial charge >= 0.3 is 0 Å². The average molecular weight is 486 g/mol. The number of ether oxygens (including phenoxy) is 1. The van der Waals surface area contributed by atoms with E-state index in [1.807, 2.05) is 0 Å². The molecule has 3 aromatic rings. The summed E-state index contributed by atoms with van der Waals surface area (Å²) in [6.45, 7) is 4.00. The highest BCUT2D eigenvalue weighted by Gasteiger charge is 2.42. The molecule has 1 aliphatic carbocycles. The molecule has 4 N–H and O–H groups in total. The molecule has 5 rings (SSSR count). The first-order chi connectivity index (χ1) is 17.4. The number of carbonyl (C=O) groups is 2. The number of methoxy groups -OCH3 is 1. The van der Waals surface area contributed by atoms with E-state index < -0.39 is 11.4 Å². The van der Waals surface area contributed by atoms with Gasteiger partial charge in [-0.2, -0.15) is 0 Å². The van der Waals surface area contributed by atoms with E-state index in [1.54, 1.807) is 30.6 Å². The molecule has 1 fully saturated rings. The quantitative estimate of drug-likeness (QED) is 0.316. The summed E-state index contributed by atoms with van der Waals surface area (Å²) in [5.74, 6) is 5.35. The van der Waals surface area contributed by atoms with Crippen LogP contribution in [0.2, 0.25) is 0 Å². The lowest BCUT2D eigenvalue weighted by atomic mass is 10.0. The van der Waals surface area contributed by atoms with E-state index in [2.05, 4.69) is 44.3 Å². The van der Waals surface area contributed by atoms with E-state index in [1.165, 1.54) is 19.3 Å². The molecular formula is C27H24FN5O3. The van der Waals surface area contributed by atoms with Gasteiger partial charge in [-0.25, -0.2) is 4.39 Å². The highest BCUT2D eigenvalue weighted by Crippen LogP contribution is 2.40. The van der Waals surface area contributed by atoms with Gasteiger partial charge in [0.1, 0.15) is 5.54 Å². The Labute approximate surface area is 207 Å².